The predicted molar refractivity (Wildman–Crippen MR) is 117 cm³/mol. The summed E-state index contributed by atoms with van der Waals surface area (Å²) in [6, 6.07) is 7.50. The normalized spacial score (nSPS) is 11.5. The van der Waals surface area contributed by atoms with E-state index in [0.717, 1.165) is 37.7 Å². The molecule has 0 bridgehead atoms. The Kier molecular flexibility index (Phi) is 5.48. The Morgan fingerprint density at radius 2 is 2.10 bits per heavy atom. The van der Waals surface area contributed by atoms with Crippen LogP contribution < -0.4 is 0 Å². The number of pyridine rings is 1. The third kappa shape index (κ3) is 4.09. The van der Waals surface area contributed by atoms with Crippen molar-refractivity contribution in [2.45, 2.75) is 39.5 Å². The second-order valence-electron chi connectivity index (χ2n) is 7.37. The van der Waals surface area contributed by atoms with Crippen LogP contribution in [0.15, 0.2) is 42.9 Å². The molecule has 0 saturated carbocycles. The molecule has 0 spiro atoms. The van der Waals surface area contributed by atoms with E-state index in [1.807, 2.05) is 43.6 Å². The van der Waals surface area contributed by atoms with Crippen molar-refractivity contribution in [3.8, 4) is 5.69 Å². The van der Waals surface area contributed by atoms with Crippen molar-refractivity contribution in [2.75, 3.05) is 0 Å². The second kappa shape index (κ2) is 8.05. The highest BCUT2D eigenvalue weighted by Crippen LogP contribution is 2.31. The fourth-order valence-electron chi connectivity index (χ4n) is 3.58. The van der Waals surface area contributed by atoms with Crippen LogP contribution in [0.1, 0.15) is 41.5 Å². The highest BCUT2D eigenvalue weighted by molar-refractivity contribution is 7.18. The molecule has 0 aliphatic rings. The first-order chi connectivity index (χ1) is 13.9. The SMILES string of the molecule is Cc1nc2c(C(C)C)c(CC(=O)Cc3ccc(-n4cccn4)c(Cl)c3)cnc2s1. The molecule has 148 valence electrons. The molecule has 0 aliphatic heterocycles. The molecule has 3 heterocycles. The van der Waals surface area contributed by atoms with Gasteiger partial charge in [0.05, 0.1) is 15.7 Å². The molecule has 0 unspecified atom stereocenters. The van der Waals surface area contributed by atoms with E-state index >= 15 is 0 Å². The summed E-state index contributed by atoms with van der Waals surface area (Å²) in [4.78, 5) is 22.9. The summed E-state index contributed by atoms with van der Waals surface area (Å²) in [7, 11) is 0. The zero-order valence-corrected chi connectivity index (χ0v) is 18.1. The molecule has 29 heavy (non-hydrogen) atoms. The fourth-order valence-corrected chi connectivity index (χ4v) is 4.65. The Morgan fingerprint density at radius 3 is 2.79 bits per heavy atom. The molecule has 5 nitrogen and oxygen atoms in total. The highest BCUT2D eigenvalue weighted by Gasteiger charge is 2.18. The van der Waals surface area contributed by atoms with Crippen LogP contribution in [0, 0.1) is 6.92 Å². The average molecular weight is 425 g/mol. The predicted octanol–water partition coefficient (Wildman–Crippen LogP) is 5.32. The van der Waals surface area contributed by atoms with Crippen LogP contribution in [0.2, 0.25) is 5.02 Å². The van der Waals surface area contributed by atoms with E-state index in [0.29, 0.717) is 17.9 Å². The topological polar surface area (TPSA) is 60.7 Å². The third-order valence-electron chi connectivity index (χ3n) is 4.78. The Balaban J connectivity index is 1.56. The van der Waals surface area contributed by atoms with Gasteiger partial charge in [0.15, 0.2) is 0 Å². The number of hydrogen-bond donors (Lipinski definition) is 0. The Bertz CT molecular complexity index is 1180. The summed E-state index contributed by atoms with van der Waals surface area (Å²) < 4.78 is 1.71. The van der Waals surface area contributed by atoms with E-state index in [2.05, 4.69) is 28.9 Å². The van der Waals surface area contributed by atoms with E-state index in [9.17, 15) is 4.79 Å². The lowest BCUT2D eigenvalue weighted by Crippen LogP contribution is -2.10. The van der Waals surface area contributed by atoms with Gasteiger partial charge < -0.3 is 0 Å². The van der Waals surface area contributed by atoms with E-state index < -0.39 is 0 Å². The Labute approximate surface area is 178 Å². The van der Waals surface area contributed by atoms with Crippen LogP contribution in [0.25, 0.3) is 16.0 Å². The largest absolute Gasteiger partial charge is 0.299 e. The number of aryl methyl sites for hydroxylation is 1. The molecular formula is C22H21ClN4OS. The number of rotatable bonds is 6. The van der Waals surface area contributed by atoms with Gasteiger partial charge in [0.25, 0.3) is 0 Å². The number of fused-ring (bicyclic) bond motifs is 1. The number of thiazole rings is 1. The van der Waals surface area contributed by atoms with E-state index in [-0.39, 0.29) is 11.7 Å². The molecule has 0 atom stereocenters. The summed E-state index contributed by atoms with van der Waals surface area (Å²) in [5.41, 5.74) is 4.70. The molecule has 0 radical (unpaired) electrons. The average Bonchev–Trinajstić information content (AvgIpc) is 3.30. The number of carbonyl (C=O) groups excluding carboxylic acids is 1. The van der Waals surface area contributed by atoms with Crippen LogP contribution in [-0.4, -0.2) is 25.5 Å². The van der Waals surface area contributed by atoms with Crippen molar-refractivity contribution in [1.29, 1.82) is 0 Å². The van der Waals surface area contributed by atoms with Crippen LogP contribution in [-0.2, 0) is 17.6 Å². The lowest BCUT2D eigenvalue weighted by atomic mass is 9.93. The first-order valence-corrected chi connectivity index (χ1v) is 10.7. The maximum atomic E-state index is 12.8. The minimum absolute atomic E-state index is 0.128. The number of nitrogens with zero attached hydrogens (tertiary/aromatic N) is 4. The maximum Gasteiger partial charge on any atom is 0.143 e. The van der Waals surface area contributed by atoms with Crippen molar-refractivity contribution in [3.05, 3.63) is 69.6 Å². The summed E-state index contributed by atoms with van der Waals surface area (Å²) in [5.74, 6) is 0.399. The lowest BCUT2D eigenvalue weighted by Gasteiger charge is -2.13. The lowest BCUT2D eigenvalue weighted by molar-refractivity contribution is -0.117. The standard InChI is InChI=1S/C22H21ClN4OS/c1-13(2)20-16(12-24-22-21(20)26-14(3)29-22)11-17(28)9-15-5-6-19(18(23)10-15)27-8-4-7-25-27/h4-8,10,12-13H,9,11H2,1-3H3. The molecule has 4 rings (SSSR count). The summed E-state index contributed by atoms with van der Waals surface area (Å²) in [6.07, 6.45) is 6.04. The molecule has 0 fully saturated rings. The number of aromatic nitrogens is 4. The first-order valence-electron chi connectivity index (χ1n) is 9.47. The Hall–Kier alpha value is -2.57. The van der Waals surface area contributed by atoms with E-state index in [4.69, 9.17) is 11.6 Å². The minimum Gasteiger partial charge on any atom is -0.299 e. The quantitative estimate of drug-likeness (QED) is 0.420. The number of benzene rings is 1. The van der Waals surface area contributed by atoms with Crippen molar-refractivity contribution < 1.29 is 4.79 Å². The Morgan fingerprint density at radius 1 is 1.28 bits per heavy atom. The number of ketones is 1. The van der Waals surface area contributed by atoms with Crippen LogP contribution in [0.4, 0.5) is 0 Å². The van der Waals surface area contributed by atoms with Gasteiger partial charge in [0.1, 0.15) is 16.1 Å². The second-order valence-corrected chi connectivity index (χ2v) is 8.96. The van der Waals surface area contributed by atoms with Crippen molar-refractivity contribution in [1.82, 2.24) is 19.7 Å². The number of hydrogen-bond acceptors (Lipinski definition) is 5. The smallest absolute Gasteiger partial charge is 0.143 e. The van der Waals surface area contributed by atoms with Crippen LogP contribution >= 0.6 is 22.9 Å². The van der Waals surface area contributed by atoms with Gasteiger partial charge in [-0.05, 0) is 47.7 Å². The van der Waals surface area contributed by atoms with Gasteiger partial charge in [-0.1, -0.05) is 42.9 Å². The molecular weight excluding hydrogens is 404 g/mol. The van der Waals surface area contributed by atoms with E-state index in [1.54, 1.807) is 22.2 Å². The molecule has 1 aromatic carbocycles. The molecule has 3 aromatic heterocycles. The number of halogens is 1. The zero-order valence-electron chi connectivity index (χ0n) is 16.5. The van der Waals surface area contributed by atoms with Crippen molar-refractivity contribution in [2.24, 2.45) is 0 Å². The van der Waals surface area contributed by atoms with Gasteiger partial charge >= 0.3 is 0 Å². The molecule has 0 N–H and O–H groups in total. The van der Waals surface area contributed by atoms with Crippen molar-refractivity contribution in [3.63, 3.8) is 0 Å². The van der Waals surface area contributed by atoms with Crippen molar-refractivity contribution >= 4 is 39.1 Å². The van der Waals surface area contributed by atoms with E-state index in [1.165, 1.54) is 0 Å². The van der Waals surface area contributed by atoms with Gasteiger partial charge in [-0.25, -0.2) is 14.6 Å². The van der Waals surface area contributed by atoms with Gasteiger partial charge in [-0.15, -0.1) is 0 Å². The third-order valence-corrected chi connectivity index (χ3v) is 5.97. The van der Waals surface area contributed by atoms with Crippen LogP contribution in [0.5, 0.6) is 0 Å². The van der Waals surface area contributed by atoms with Gasteiger partial charge in [-0.3, -0.25) is 4.79 Å². The zero-order chi connectivity index (χ0) is 20.5. The summed E-state index contributed by atoms with van der Waals surface area (Å²) >= 11 is 8.00. The number of Topliss-reactive ketones (excluding diaryl/α,β-unsaturated/α-hetero) is 1. The first kappa shape index (κ1) is 19.7. The molecule has 0 amide bonds. The summed E-state index contributed by atoms with van der Waals surface area (Å²) in [6.45, 7) is 6.24. The number of carbonyl (C=O) groups is 1. The van der Waals surface area contributed by atoms with Crippen LogP contribution in [0.3, 0.4) is 0 Å². The minimum atomic E-state index is 0.128. The van der Waals surface area contributed by atoms with Gasteiger partial charge in [0.2, 0.25) is 0 Å². The molecule has 0 aliphatic carbocycles. The monoisotopic (exact) mass is 424 g/mol. The molecule has 7 heteroatoms. The summed E-state index contributed by atoms with van der Waals surface area (Å²) in [5, 5.41) is 5.76. The fraction of sp³-hybridized carbons (Fsp3) is 0.273. The van der Waals surface area contributed by atoms with Gasteiger partial charge in [-0.2, -0.15) is 5.10 Å². The molecule has 0 saturated heterocycles. The highest BCUT2D eigenvalue weighted by atomic mass is 35.5. The molecule has 4 aromatic rings. The van der Waals surface area contributed by atoms with Gasteiger partial charge in [0, 0.05) is 31.4 Å². The maximum absolute atomic E-state index is 12.8.